The maximum Gasteiger partial charge on any atom is 0.243 e. The zero-order chi connectivity index (χ0) is 17.7. The third-order valence-corrected chi connectivity index (χ3v) is 4.58. The molecule has 8 heteroatoms. The number of sulfonamides is 1. The first-order valence-corrected chi connectivity index (χ1v) is 8.48. The number of rotatable bonds is 7. The highest BCUT2D eigenvalue weighted by molar-refractivity contribution is 7.89. The lowest BCUT2D eigenvalue weighted by Gasteiger charge is -2.11. The molecule has 0 unspecified atom stereocenters. The Kier molecular flexibility index (Phi) is 5.53. The van der Waals surface area contributed by atoms with E-state index in [1.807, 2.05) is 13.0 Å². The molecule has 0 atom stereocenters. The van der Waals surface area contributed by atoms with Gasteiger partial charge in [-0.25, -0.2) is 17.5 Å². The van der Waals surface area contributed by atoms with Gasteiger partial charge in [0.2, 0.25) is 10.0 Å². The van der Waals surface area contributed by atoms with Crippen LogP contribution >= 0.6 is 0 Å². The average Bonchev–Trinajstić information content (AvgIpc) is 2.51. The maximum atomic E-state index is 13.7. The van der Waals surface area contributed by atoms with Gasteiger partial charge in [-0.15, -0.1) is 0 Å². The molecule has 0 spiro atoms. The van der Waals surface area contributed by atoms with E-state index < -0.39 is 32.3 Å². The minimum absolute atomic E-state index is 0.0322. The summed E-state index contributed by atoms with van der Waals surface area (Å²) in [5.41, 5.74) is 0.571. The van der Waals surface area contributed by atoms with Crippen molar-refractivity contribution in [3.8, 4) is 5.75 Å². The summed E-state index contributed by atoms with van der Waals surface area (Å²) in [7, 11) is -4.21. The highest BCUT2D eigenvalue weighted by Crippen LogP contribution is 2.16. The van der Waals surface area contributed by atoms with Crippen LogP contribution in [0.3, 0.4) is 0 Å². The molecule has 0 aliphatic rings. The Labute approximate surface area is 138 Å². The molecular weight excluding hydrogens is 337 g/mol. The summed E-state index contributed by atoms with van der Waals surface area (Å²) in [6.07, 6.45) is 0. The van der Waals surface area contributed by atoms with Crippen LogP contribution in [0.5, 0.6) is 5.75 Å². The molecule has 0 radical (unpaired) electrons. The Morgan fingerprint density at radius 2 is 2.00 bits per heavy atom. The summed E-state index contributed by atoms with van der Waals surface area (Å²) >= 11 is 0. The molecule has 0 amide bonds. The Hall–Kier alpha value is -2.45. The van der Waals surface area contributed by atoms with Gasteiger partial charge in [0, 0.05) is 6.54 Å². The number of benzene rings is 2. The molecule has 0 bridgehead atoms. The molecule has 24 heavy (non-hydrogen) atoms. The second kappa shape index (κ2) is 7.41. The van der Waals surface area contributed by atoms with Crippen molar-refractivity contribution in [2.75, 3.05) is 13.2 Å². The van der Waals surface area contributed by atoms with Gasteiger partial charge in [-0.05, 0) is 42.3 Å². The van der Waals surface area contributed by atoms with E-state index in [2.05, 4.69) is 4.72 Å². The van der Waals surface area contributed by atoms with E-state index in [1.54, 1.807) is 18.2 Å². The van der Waals surface area contributed by atoms with Gasteiger partial charge in [-0.2, -0.15) is 0 Å². The number of hydrogen-bond acceptors (Lipinski definition) is 5. The number of hydrogen-bond donors (Lipinski definition) is 1. The van der Waals surface area contributed by atoms with Gasteiger partial charge in [-0.1, -0.05) is 18.2 Å². The van der Waals surface area contributed by atoms with E-state index in [0.29, 0.717) is 11.8 Å². The van der Waals surface area contributed by atoms with Crippen molar-refractivity contribution < 1.29 is 27.4 Å². The van der Waals surface area contributed by atoms with E-state index >= 15 is 0 Å². The van der Waals surface area contributed by atoms with Crippen LogP contribution < -0.4 is 14.6 Å². The molecule has 1 N–H and O–H groups in total. The summed E-state index contributed by atoms with van der Waals surface area (Å²) < 4.78 is 45.4. The summed E-state index contributed by atoms with van der Waals surface area (Å²) in [6.45, 7) is 1.82. The van der Waals surface area contributed by atoms with Crippen molar-refractivity contribution >= 4 is 16.0 Å². The number of aromatic carboxylic acids is 1. The van der Waals surface area contributed by atoms with E-state index in [0.717, 1.165) is 17.7 Å². The third-order valence-electron chi connectivity index (χ3n) is 3.11. The smallest absolute Gasteiger partial charge is 0.243 e. The first-order chi connectivity index (χ1) is 11.3. The van der Waals surface area contributed by atoms with Crippen LogP contribution in [0.2, 0.25) is 0 Å². The lowest BCUT2D eigenvalue weighted by molar-refractivity contribution is -0.255. The van der Waals surface area contributed by atoms with Crippen LogP contribution in [0.25, 0.3) is 0 Å². The lowest BCUT2D eigenvalue weighted by atomic mass is 10.2. The van der Waals surface area contributed by atoms with Crippen molar-refractivity contribution in [1.29, 1.82) is 0 Å². The second-order valence-electron chi connectivity index (χ2n) is 5.00. The topological polar surface area (TPSA) is 95.5 Å². The van der Waals surface area contributed by atoms with Crippen LogP contribution in [0.4, 0.5) is 4.39 Å². The van der Waals surface area contributed by atoms with Crippen LogP contribution in [0.1, 0.15) is 15.9 Å². The van der Waals surface area contributed by atoms with E-state index in [-0.39, 0.29) is 13.2 Å². The quantitative estimate of drug-likeness (QED) is 0.746. The second-order valence-corrected chi connectivity index (χ2v) is 6.73. The number of aryl methyl sites for hydroxylation is 1. The molecule has 0 heterocycles. The Balaban J connectivity index is 2.01. The fourth-order valence-electron chi connectivity index (χ4n) is 1.96. The molecule has 0 aliphatic carbocycles. The van der Waals surface area contributed by atoms with E-state index in [1.165, 1.54) is 0 Å². The molecule has 0 aromatic heterocycles. The van der Waals surface area contributed by atoms with Crippen molar-refractivity contribution in [3.63, 3.8) is 0 Å². The Bertz CT molecular complexity index is 851. The average molecular weight is 352 g/mol. The van der Waals surface area contributed by atoms with Crippen molar-refractivity contribution in [3.05, 3.63) is 59.4 Å². The predicted molar refractivity (Wildman–Crippen MR) is 82.6 cm³/mol. The van der Waals surface area contributed by atoms with Crippen LogP contribution in [-0.2, 0) is 10.0 Å². The first kappa shape index (κ1) is 17.9. The van der Waals surface area contributed by atoms with E-state index in [4.69, 9.17) is 4.74 Å². The first-order valence-electron chi connectivity index (χ1n) is 6.99. The lowest BCUT2D eigenvalue weighted by Crippen LogP contribution is -2.29. The molecule has 2 aromatic rings. The zero-order valence-electron chi connectivity index (χ0n) is 12.8. The third kappa shape index (κ3) is 4.53. The van der Waals surface area contributed by atoms with Crippen LogP contribution in [0, 0.1) is 12.7 Å². The van der Waals surface area contributed by atoms with Crippen LogP contribution in [-0.4, -0.2) is 27.5 Å². The molecule has 2 rings (SSSR count). The molecule has 0 saturated heterocycles. The Morgan fingerprint density at radius 3 is 2.67 bits per heavy atom. The molecule has 6 nitrogen and oxygen atoms in total. The SMILES string of the molecule is Cc1cccc(OCCNS(=O)(=O)c2cc(C(=O)[O-])ccc2F)c1. The maximum absolute atomic E-state index is 13.7. The molecule has 0 fully saturated rings. The Morgan fingerprint density at radius 1 is 1.25 bits per heavy atom. The number of carboxylic acid groups (broad SMARTS) is 1. The summed E-state index contributed by atoms with van der Waals surface area (Å²) in [5, 5.41) is 10.8. The fraction of sp³-hybridized carbons (Fsp3) is 0.188. The normalized spacial score (nSPS) is 11.2. The van der Waals surface area contributed by atoms with Gasteiger partial charge in [0.1, 0.15) is 23.1 Å². The van der Waals surface area contributed by atoms with Crippen molar-refractivity contribution in [2.45, 2.75) is 11.8 Å². The van der Waals surface area contributed by atoms with Gasteiger partial charge < -0.3 is 14.6 Å². The standard InChI is InChI=1S/C16H16FNO5S/c1-11-3-2-4-13(9-11)23-8-7-18-24(21,22)15-10-12(16(19)20)5-6-14(15)17/h2-6,9-10,18H,7-8H2,1H3,(H,19,20)/p-1. The summed E-state index contributed by atoms with van der Waals surface area (Å²) in [4.78, 5) is 10.0. The fourth-order valence-corrected chi connectivity index (χ4v) is 3.08. The number of halogens is 1. The highest BCUT2D eigenvalue weighted by Gasteiger charge is 2.19. The molecule has 0 aliphatic heterocycles. The monoisotopic (exact) mass is 352 g/mol. The number of carbonyl (C=O) groups is 1. The number of carboxylic acids is 1. The molecular formula is C16H15FNO5S-. The van der Waals surface area contributed by atoms with E-state index in [9.17, 15) is 22.7 Å². The number of ether oxygens (including phenoxy) is 1. The van der Waals surface area contributed by atoms with Crippen molar-refractivity contribution in [1.82, 2.24) is 4.72 Å². The van der Waals surface area contributed by atoms with Crippen LogP contribution in [0.15, 0.2) is 47.4 Å². The van der Waals surface area contributed by atoms with Crippen molar-refractivity contribution in [2.24, 2.45) is 0 Å². The molecule has 128 valence electrons. The molecule has 2 aromatic carbocycles. The van der Waals surface area contributed by atoms with Gasteiger partial charge in [0.15, 0.2) is 0 Å². The van der Waals surface area contributed by atoms with Gasteiger partial charge in [0.25, 0.3) is 0 Å². The van der Waals surface area contributed by atoms with Gasteiger partial charge >= 0.3 is 0 Å². The minimum atomic E-state index is -4.21. The number of nitrogens with one attached hydrogen (secondary N) is 1. The highest BCUT2D eigenvalue weighted by atomic mass is 32.2. The zero-order valence-corrected chi connectivity index (χ0v) is 13.6. The molecule has 0 saturated carbocycles. The van der Waals surface area contributed by atoms with Gasteiger partial charge in [0.05, 0.1) is 5.97 Å². The summed E-state index contributed by atoms with van der Waals surface area (Å²) in [5.74, 6) is -2.05. The van der Waals surface area contributed by atoms with Gasteiger partial charge in [-0.3, -0.25) is 0 Å². The minimum Gasteiger partial charge on any atom is -0.545 e. The summed E-state index contributed by atoms with van der Waals surface area (Å²) in [6, 6.07) is 9.63. The predicted octanol–water partition coefficient (Wildman–Crippen LogP) is 0.855. The largest absolute Gasteiger partial charge is 0.545 e. The number of carbonyl (C=O) groups excluding carboxylic acids is 1.